The minimum atomic E-state index is -0.422. The molecule has 0 saturated carbocycles. The van der Waals surface area contributed by atoms with E-state index >= 15 is 0 Å². The van der Waals surface area contributed by atoms with Gasteiger partial charge in [0.2, 0.25) is 0 Å². The predicted octanol–water partition coefficient (Wildman–Crippen LogP) is 11.0. The molecular formula is C61H52N4O5. The van der Waals surface area contributed by atoms with Gasteiger partial charge in [-0.05, 0) is 115 Å². The highest BCUT2D eigenvalue weighted by atomic mass is 16.5. The van der Waals surface area contributed by atoms with Crippen molar-refractivity contribution in [3.63, 3.8) is 0 Å². The van der Waals surface area contributed by atoms with Crippen LogP contribution in [-0.4, -0.2) is 55.5 Å². The SMILES string of the molecule is COc1ccc(C#Cc2c(C#Cc3ccc(OC)cc3)c3cc4nc(c(OC)c5[nH]c(cc6nc(cc2[nH]3)CC6(C)C)c(C#Cc2ccc(OC)cc2)c5C#Cc2ccc(OC)cc2)CC4(C)C)cc1. The Hall–Kier alpha value is -8.76. The zero-order chi connectivity index (χ0) is 49.0. The van der Waals surface area contributed by atoms with Crippen LogP contribution in [0.4, 0.5) is 0 Å². The van der Waals surface area contributed by atoms with Gasteiger partial charge in [0.25, 0.3) is 0 Å². The number of aromatic nitrogens is 4. The summed E-state index contributed by atoms with van der Waals surface area (Å²) in [6.45, 7) is 8.79. The Morgan fingerprint density at radius 1 is 0.400 bits per heavy atom. The van der Waals surface area contributed by atoms with Gasteiger partial charge in [-0.2, -0.15) is 0 Å². The van der Waals surface area contributed by atoms with Crippen molar-refractivity contribution in [2.24, 2.45) is 0 Å². The molecule has 0 radical (unpaired) electrons. The molecule has 9 nitrogen and oxygen atoms in total. The summed E-state index contributed by atoms with van der Waals surface area (Å²) in [6.07, 6.45) is 1.24. The first-order chi connectivity index (χ1) is 33.9. The molecule has 0 amide bonds. The van der Waals surface area contributed by atoms with E-state index in [1.807, 2.05) is 97.1 Å². The van der Waals surface area contributed by atoms with Crippen LogP contribution in [0.15, 0.2) is 115 Å². The highest BCUT2D eigenvalue weighted by Crippen LogP contribution is 2.39. The van der Waals surface area contributed by atoms with Gasteiger partial charge in [-0.1, -0.05) is 75.1 Å². The largest absolute Gasteiger partial charge is 0.497 e. The van der Waals surface area contributed by atoms with Gasteiger partial charge in [-0.25, -0.2) is 0 Å². The summed E-state index contributed by atoms with van der Waals surface area (Å²) >= 11 is 0. The number of nitrogens with one attached hydrogen (secondary N) is 2. The molecule has 0 fully saturated rings. The summed E-state index contributed by atoms with van der Waals surface area (Å²) in [7, 11) is 8.29. The molecule has 0 spiro atoms. The van der Waals surface area contributed by atoms with E-state index in [2.05, 4.69) is 103 Å². The number of aromatic amines is 2. The van der Waals surface area contributed by atoms with E-state index < -0.39 is 5.41 Å². The Kier molecular flexibility index (Phi) is 12.9. The van der Waals surface area contributed by atoms with Crippen molar-refractivity contribution in [1.29, 1.82) is 0 Å². The summed E-state index contributed by atoms with van der Waals surface area (Å²) in [6, 6.07) is 37.1. The average molecular weight is 921 g/mol. The minimum absolute atomic E-state index is 0.370. The van der Waals surface area contributed by atoms with Gasteiger partial charge in [-0.3, -0.25) is 9.97 Å². The molecule has 346 valence electrons. The molecule has 0 atom stereocenters. The van der Waals surface area contributed by atoms with Crippen molar-refractivity contribution in [3.05, 3.63) is 183 Å². The lowest BCUT2D eigenvalue weighted by atomic mass is 9.86. The quantitative estimate of drug-likeness (QED) is 0.166. The number of fused-ring (bicyclic) bond motifs is 8. The second kappa shape index (κ2) is 19.5. The number of nitrogens with zero attached hydrogens (tertiary/aromatic N) is 2. The molecule has 4 aromatic carbocycles. The molecule has 8 bridgehead atoms. The number of hydrogen-bond acceptors (Lipinski definition) is 7. The fourth-order valence-corrected chi connectivity index (χ4v) is 8.51. The highest BCUT2D eigenvalue weighted by Gasteiger charge is 2.33. The molecule has 2 aliphatic heterocycles. The van der Waals surface area contributed by atoms with Crippen molar-refractivity contribution >= 4 is 22.1 Å². The first-order valence-corrected chi connectivity index (χ1v) is 22.9. The van der Waals surface area contributed by atoms with Crippen LogP contribution in [0.1, 0.15) is 95.0 Å². The lowest BCUT2D eigenvalue weighted by Gasteiger charge is -2.16. The fourth-order valence-electron chi connectivity index (χ4n) is 8.51. The average Bonchev–Trinajstić information content (AvgIpc) is 4.06. The summed E-state index contributed by atoms with van der Waals surface area (Å²) in [5.74, 6) is 31.4. The normalized spacial score (nSPS) is 12.9. The third-order valence-electron chi connectivity index (χ3n) is 12.5. The van der Waals surface area contributed by atoms with E-state index in [0.717, 1.165) is 95.7 Å². The van der Waals surface area contributed by atoms with Crippen LogP contribution < -0.4 is 23.7 Å². The Bertz CT molecular complexity index is 3570. The van der Waals surface area contributed by atoms with E-state index in [1.165, 1.54) is 0 Å². The maximum atomic E-state index is 6.41. The highest BCUT2D eigenvalue weighted by molar-refractivity contribution is 5.86. The van der Waals surface area contributed by atoms with E-state index in [1.54, 1.807) is 35.5 Å². The van der Waals surface area contributed by atoms with Gasteiger partial charge >= 0.3 is 0 Å². The predicted molar refractivity (Wildman–Crippen MR) is 277 cm³/mol. The van der Waals surface area contributed by atoms with Crippen LogP contribution in [0.3, 0.4) is 0 Å². The molecule has 0 aliphatic carbocycles. The number of ether oxygens (including phenoxy) is 5. The Balaban J connectivity index is 1.38. The third-order valence-corrected chi connectivity index (χ3v) is 12.5. The molecule has 0 unspecified atom stereocenters. The first-order valence-electron chi connectivity index (χ1n) is 22.9. The minimum Gasteiger partial charge on any atom is -0.497 e. The lowest BCUT2D eigenvalue weighted by Crippen LogP contribution is -2.15. The summed E-state index contributed by atoms with van der Waals surface area (Å²) < 4.78 is 28.2. The lowest BCUT2D eigenvalue weighted by molar-refractivity contribution is 0.409. The van der Waals surface area contributed by atoms with E-state index in [9.17, 15) is 0 Å². The summed E-state index contributed by atoms with van der Waals surface area (Å²) in [5.41, 5.74) is 11.8. The number of methoxy groups -OCH3 is 5. The molecule has 5 heterocycles. The van der Waals surface area contributed by atoms with Gasteiger partial charge in [0.15, 0.2) is 5.75 Å². The first kappa shape index (κ1) is 46.4. The van der Waals surface area contributed by atoms with Crippen LogP contribution in [0, 0.1) is 47.4 Å². The monoisotopic (exact) mass is 920 g/mol. The Morgan fingerprint density at radius 2 is 0.757 bits per heavy atom. The molecule has 2 N–H and O–H groups in total. The van der Waals surface area contributed by atoms with Gasteiger partial charge in [-0.15, -0.1) is 0 Å². The summed E-state index contributed by atoms with van der Waals surface area (Å²) in [4.78, 5) is 18.3. The molecule has 2 aliphatic rings. The number of hydrogen-bond donors (Lipinski definition) is 2. The number of rotatable bonds is 5. The number of benzene rings is 4. The van der Waals surface area contributed by atoms with E-state index in [4.69, 9.17) is 33.7 Å². The standard InChI is InChI=1S/C61H52N4O5/c1-60(2)37-43-34-52-48(30-18-39-10-22-44(66-5)23-11-39)49(31-19-40-12-24-45(67-6)25-13-40)53(63-52)35-57-61(3,4)38-55(64-57)59(70-9)58-51(33-21-42-16-28-47(69-8)29-17-42)50(54(65-58)36-56(60)62-43)32-20-41-14-26-46(68-7)27-15-41/h10-17,22-29,34-36,63,65H,37-38H2,1-9H3. The maximum absolute atomic E-state index is 6.41. The van der Waals surface area contributed by atoms with Gasteiger partial charge in [0.1, 0.15) is 28.5 Å². The van der Waals surface area contributed by atoms with Crippen molar-refractivity contribution in [2.75, 3.05) is 35.5 Å². The second-order valence-electron chi connectivity index (χ2n) is 18.3. The van der Waals surface area contributed by atoms with Crippen molar-refractivity contribution < 1.29 is 23.7 Å². The van der Waals surface area contributed by atoms with Crippen LogP contribution in [-0.2, 0) is 23.7 Å². The molecular weight excluding hydrogens is 869 g/mol. The van der Waals surface area contributed by atoms with Gasteiger partial charge in [0, 0.05) is 63.0 Å². The van der Waals surface area contributed by atoms with Crippen LogP contribution in [0.25, 0.3) is 22.1 Å². The smallest absolute Gasteiger partial charge is 0.165 e. The van der Waals surface area contributed by atoms with Crippen molar-refractivity contribution in [2.45, 2.75) is 51.4 Å². The fraction of sp³-hybridized carbons (Fsp3) is 0.213. The van der Waals surface area contributed by atoms with Gasteiger partial charge < -0.3 is 33.7 Å². The molecule has 7 aromatic rings. The second-order valence-corrected chi connectivity index (χ2v) is 18.3. The zero-order valence-electron chi connectivity index (χ0n) is 40.8. The third kappa shape index (κ3) is 9.79. The topological polar surface area (TPSA) is 104 Å². The molecule has 70 heavy (non-hydrogen) atoms. The zero-order valence-corrected chi connectivity index (χ0v) is 40.8. The molecule has 9 rings (SSSR count). The Labute approximate surface area is 409 Å². The van der Waals surface area contributed by atoms with Crippen LogP contribution in [0.2, 0.25) is 0 Å². The molecule has 0 saturated heterocycles. The van der Waals surface area contributed by atoms with Crippen molar-refractivity contribution in [3.8, 4) is 76.1 Å². The van der Waals surface area contributed by atoms with Crippen LogP contribution in [0.5, 0.6) is 28.7 Å². The Morgan fingerprint density at radius 3 is 1.17 bits per heavy atom. The van der Waals surface area contributed by atoms with E-state index in [-0.39, 0.29) is 5.41 Å². The van der Waals surface area contributed by atoms with Crippen molar-refractivity contribution in [1.82, 2.24) is 19.9 Å². The van der Waals surface area contributed by atoms with Crippen LogP contribution >= 0.6 is 0 Å². The van der Waals surface area contributed by atoms with Gasteiger partial charge in [0.05, 0.1) is 80.0 Å². The summed E-state index contributed by atoms with van der Waals surface area (Å²) in [5, 5.41) is 0. The molecule has 3 aromatic heterocycles. The maximum Gasteiger partial charge on any atom is 0.165 e. The molecule has 9 heteroatoms. The number of H-pyrrole nitrogens is 2. The van der Waals surface area contributed by atoms with E-state index in [0.29, 0.717) is 35.2 Å².